The summed E-state index contributed by atoms with van der Waals surface area (Å²) in [7, 11) is -3.30. The van der Waals surface area contributed by atoms with E-state index in [1.54, 1.807) is 11.8 Å². The fourth-order valence-electron chi connectivity index (χ4n) is 5.02. The number of carbonyl (C=O) groups excluding carboxylic acids is 1. The van der Waals surface area contributed by atoms with Crippen molar-refractivity contribution in [3.8, 4) is 0 Å². The number of nitrogens with zero attached hydrogens (tertiary/aromatic N) is 4. The minimum Gasteiger partial charge on any atom is -0.368 e. The Bertz CT molecular complexity index is 1180. The van der Waals surface area contributed by atoms with Crippen LogP contribution in [0.4, 0.5) is 19.0 Å². The fraction of sp³-hybridized carbons (Fsp3) is 0.591. The highest BCUT2D eigenvalue weighted by Crippen LogP contribution is 2.36. The van der Waals surface area contributed by atoms with E-state index in [0.29, 0.717) is 38.0 Å². The molecule has 0 spiro atoms. The molecular weight excluding hydrogens is 485 g/mol. The van der Waals surface area contributed by atoms with Crippen molar-refractivity contribution in [2.24, 2.45) is 5.73 Å². The second-order valence-corrected chi connectivity index (χ2v) is 11.1. The molecule has 9 nitrogen and oxygen atoms in total. The monoisotopic (exact) mass is 514 g/mol. The second-order valence-electron chi connectivity index (χ2n) is 9.10. The Labute approximate surface area is 201 Å². The summed E-state index contributed by atoms with van der Waals surface area (Å²) in [5, 5.41) is -0.187. The van der Waals surface area contributed by atoms with Gasteiger partial charge < -0.3 is 10.6 Å². The number of primary amides is 1. The van der Waals surface area contributed by atoms with Crippen LogP contribution in [0.1, 0.15) is 38.2 Å². The van der Waals surface area contributed by atoms with Gasteiger partial charge in [0.1, 0.15) is 12.1 Å². The lowest BCUT2D eigenvalue weighted by atomic mass is 9.90. The minimum atomic E-state index is -4.53. The van der Waals surface area contributed by atoms with E-state index < -0.39 is 32.9 Å². The van der Waals surface area contributed by atoms with Crippen LogP contribution in [0.3, 0.4) is 0 Å². The molecule has 13 heteroatoms. The van der Waals surface area contributed by atoms with Crippen LogP contribution in [0.2, 0.25) is 0 Å². The van der Waals surface area contributed by atoms with Gasteiger partial charge in [0.25, 0.3) is 0 Å². The molecule has 0 bridgehead atoms. The first kappa shape index (κ1) is 25.6. The van der Waals surface area contributed by atoms with Gasteiger partial charge in [-0.2, -0.15) is 13.2 Å². The quantitative estimate of drug-likeness (QED) is 0.552. The van der Waals surface area contributed by atoms with Crippen LogP contribution in [0.25, 0.3) is 10.9 Å². The smallest absolute Gasteiger partial charge is 0.368 e. The molecule has 1 saturated heterocycles. The summed E-state index contributed by atoms with van der Waals surface area (Å²) >= 11 is 0. The summed E-state index contributed by atoms with van der Waals surface area (Å²) in [6.45, 7) is 3.09. The Morgan fingerprint density at radius 2 is 1.89 bits per heavy atom. The van der Waals surface area contributed by atoms with Crippen LogP contribution in [0, 0.1) is 0 Å². The van der Waals surface area contributed by atoms with E-state index in [1.165, 1.54) is 12.4 Å². The molecule has 2 heterocycles. The molecule has 0 unspecified atom stereocenters. The number of hydrogen-bond donors (Lipinski definition) is 2. The average Bonchev–Trinajstić information content (AvgIpc) is 2.76. The molecule has 1 aliphatic heterocycles. The Hall–Kier alpha value is -2.51. The summed E-state index contributed by atoms with van der Waals surface area (Å²) in [5.74, 6) is -0.374. The second kappa shape index (κ2) is 9.86. The highest BCUT2D eigenvalue weighted by Gasteiger charge is 2.40. The zero-order valence-corrected chi connectivity index (χ0v) is 20.1. The van der Waals surface area contributed by atoms with Gasteiger partial charge in [0.2, 0.25) is 15.9 Å². The van der Waals surface area contributed by atoms with Gasteiger partial charge in [-0.25, -0.2) is 23.1 Å². The van der Waals surface area contributed by atoms with Crippen LogP contribution in [0.5, 0.6) is 0 Å². The SMILES string of the molecule is CCNS(=O)(=O)C1CCC(N2CC(N(CC(N)=O)c3ncnc4ccc(C(F)(F)F)cc34)C2)CC1. The summed E-state index contributed by atoms with van der Waals surface area (Å²) in [6.07, 6.45) is -0.637. The number of hydrogen-bond acceptors (Lipinski definition) is 7. The van der Waals surface area contributed by atoms with Crippen LogP contribution in [-0.4, -0.2) is 72.7 Å². The van der Waals surface area contributed by atoms with E-state index in [2.05, 4.69) is 19.6 Å². The zero-order valence-electron chi connectivity index (χ0n) is 19.3. The summed E-state index contributed by atoms with van der Waals surface area (Å²) in [4.78, 5) is 24.0. The highest BCUT2D eigenvalue weighted by molar-refractivity contribution is 7.90. The Balaban J connectivity index is 1.49. The number of likely N-dealkylation sites (tertiary alicyclic amines) is 1. The van der Waals surface area contributed by atoms with E-state index in [9.17, 15) is 26.4 Å². The van der Waals surface area contributed by atoms with Crippen molar-refractivity contribution < 1.29 is 26.4 Å². The number of aromatic nitrogens is 2. The van der Waals surface area contributed by atoms with Crippen molar-refractivity contribution in [1.29, 1.82) is 0 Å². The fourth-order valence-corrected chi connectivity index (χ4v) is 6.55. The first-order chi connectivity index (χ1) is 16.5. The Morgan fingerprint density at radius 1 is 1.20 bits per heavy atom. The molecule has 4 rings (SSSR count). The van der Waals surface area contributed by atoms with Crippen molar-refractivity contribution >= 4 is 32.7 Å². The summed E-state index contributed by atoms with van der Waals surface area (Å²) < 4.78 is 67.1. The molecule has 3 N–H and O–H groups in total. The number of fused-ring (bicyclic) bond motifs is 1. The number of nitrogens with two attached hydrogens (primary N) is 1. The molecule has 2 aliphatic rings. The van der Waals surface area contributed by atoms with Gasteiger partial charge in [-0.3, -0.25) is 9.69 Å². The number of rotatable bonds is 8. The van der Waals surface area contributed by atoms with E-state index >= 15 is 0 Å². The number of nitrogens with one attached hydrogen (secondary N) is 1. The van der Waals surface area contributed by atoms with E-state index in [4.69, 9.17) is 5.73 Å². The molecular formula is C22H29F3N6O3S. The standard InChI is InChI=1S/C22H29F3N6O3S/c1-2-29-35(33,34)17-6-4-15(5-7-17)30-10-16(11-30)31(12-20(26)32)21-18-9-14(22(23,24)25)3-8-19(18)27-13-28-21/h3,8-9,13,15-17,29H,2,4-7,10-12H2,1H3,(H2,26,32). The number of halogens is 3. The molecule has 1 saturated carbocycles. The van der Waals surface area contributed by atoms with Crippen molar-refractivity contribution in [2.45, 2.75) is 56.1 Å². The predicted molar refractivity (Wildman–Crippen MR) is 125 cm³/mol. The summed E-state index contributed by atoms with van der Waals surface area (Å²) in [5.41, 5.74) is 4.99. The van der Waals surface area contributed by atoms with Crippen LogP contribution in [-0.2, 0) is 21.0 Å². The maximum atomic E-state index is 13.3. The third-order valence-electron chi connectivity index (χ3n) is 6.82. The van der Waals surface area contributed by atoms with Crippen molar-refractivity contribution in [3.63, 3.8) is 0 Å². The Morgan fingerprint density at radius 3 is 2.49 bits per heavy atom. The first-order valence-corrected chi connectivity index (χ1v) is 13.1. The molecule has 1 aliphatic carbocycles. The summed E-state index contributed by atoms with van der Waals surface area (Å²) in [6, 6.07) is 3.31. The third-order valence-corrected chi connectivity index (χ3v) is 8.86. The molecule has 192 valence electrons. The lowest BCUT2D eigenvalue weighted by Crippen LogP contribution is -2.64. The molecule has 1 aromatic heterocycles. The third kappa shape index (κ3) is 5.51. The largest absolute Gasteiger partial charge is 0.416 e. The maximum absolute atomic E-state index is 13.3. The minimum absolute atomic E-state index is 0.168. The molecule has 1 aromatic carbocycles. The highest BCUT2D eigenvalue weighted by atomic mass is 32.2. The first-order valence-electron chi connectivity index (χ1n) is 11.6. The zero-order chi connectivity index (χ0) is 25.4. The normalized spacial score (nSPS) is 22.2. The van der Waals surface area contributed by atoms with Gasteiger partial charge in [-0.15, -0.1) is 0 Å². The topological polar surface area (TPSA) is 122 Å². The number of sulfonamides is 1. The average molecular weight is 515 g/mol. The van der Waals surface area contributed by atoms with Crippen molar-refractivity contribution in [2.75, 3.05) is 31.1 Å². The Kier molecular flexibility index (Phi) is 7.21. The number of carbonyl (C=O) groups is 1. The van der Waals surface area contributed by atoms with Gasteiger partial charge >= 0.3 is 6.18 Å². The number of alkyl halides is 3. The van der Waals surface area contributed by atoms with Gasteiger partial charge in [-0.1, -0.05) is 6.92 Å². The van der Waals surface area contributed by atoms with Crippen molar-refractivity contribution in [3.05, 3.63) is 30.1 Å². The molecule has 0 atom stereocenters. The van der Waals surface area contributed by atoms with Gasteiger partial charge in [-0.05, 0) is 43.9 Å². The number of benzene rings is 1. The predicted octanol–water partition coefficient (Wildman–Crippen LogP) is 1.88. The van der Waals surface area contributed by atoms with Crippen LogP contribution in [0.15, 0.2) is 24.5 Å². The van der Waals surface area contributed by atoms with E-state index in [1.807, 2.05) is 0 Å². The van der Waals surface area contributed by atoms with Gasteiger partial charge in [0.05, 0.1) is 28.9 Å². The number of amides is 1. The molecule has 1 amide bonds. The maximum Gasteiger partial charge on any atom is 0.416 e. The molecule has 35 heavy (non-hydrogen) atoms. The molecule has 2 fully saturated rings. The van der Waals surface area contributed by atoms with Crippen molar-refractivity contribution in [1.82, 2.24) is 19.6 Å². The molecule has 2 aromatic rings. The van der Waals surface area contributed by atoms with Crippen LogP contribution >= 0.6 is 0 Å². The molecule has 0 radical (unpaired) electrons. The lowest BCUT2D eigenvalue weighted by Gasteiger charge is -2.50. The lowest BCUT2D eigenvalue weighted by molar-refractivity contribution is -0.137. The van der Waals surface area contributed by atoms with Crippen LogP contribution < -0.4 is 15.4 Å². The number of anilines is 1. The van der Waals surface area contributed by atoms with Gasteiger partial charge in [0, 0.05) is 31.1 Å². The van der Waals surface area contributed by atoms with E-state index in [0.717, 1.165) is 25.0 Å². The van der Waals surface area contributed by atoms with Gasteiger partial charge in [0.15, 0.2) is 0 Å². The van der Waals surface area contributed by atoms with E-state index in [-0.39, 0.29) is 29.8 Å².